The van der Waals surface area contributed by atoms with Gasteiger partial charge in [-0.15, -0.1) is 11.3 Å². The van der Waals surface area contributed by atoms with Gasteiger partial charge in [0.1, 0.15) is 6.54 Å². The Balaban J connectivity index is 2.39. The molecule has 0 saturated heterocycles. The number of carbonyl (C=O) groups excluding carboxylic acids is 1. The Morgan fingerprint density at radius 2 is 2.14 bits per heavy atom. The Kier molecular flexibility index (Phi) is 4.42. The van der Waals surface area contributed by atoms with E-state index in [-0.39, 0.29) is 12.5 Å². The van der Waals surface area contributed by atoms with Crippen molar-refractivity contribution in [2.24, 2.45) is 0 Å². The molecule has 0 unspecified atom stereocenters. The highest BCUT2D eigenvalue weighted by molar-refractivity contribution is 7.12. The SMILES string of the molecule is CCN(CC(=O)O)C(=O)c1cc(C)n(-c2nccs2)c1C. The summed E-state index contributed by atoms with van der Waals surface area (Å²) in [6, 6.07) is 1.78. The summed E-state index contributed by atoms with van der Waals surface area (Å²) in [4.78, 5) is 28.9. The van der Waals surface area contributed by atoms with Crippen LogP contribution in [0.4, 0.5) is 0 Å². The molecule has 112 valence electrons. The van der Waals surface area contributed by atoms with Crippen LogP contribution in [0.25, 0.3) is 5.13 Å². The van der Waals surface area contributed by atoms with Crippen LogP contribution >= 0.6 is 11.3 Å². The summed E-state index contributed by atoms with van der Waals surface area (Å²) in [6.07, 6.45) is 1.71. The highest BCUT2D eigenvalue weighted by Gasteiger charge is 2.22. The van der Waals surface area contributed by atoms with Gasteiger partial charge in [-0.1, -0.05) is 0 Å². The average molecular weight is 307 g/mol. The lowest BCUT2D eigenvalue weighted by molar-refractivity contribution is -0.137. The van der Waals surface area contributed by atoms with E-state index in [2.05, 4.69) is 4.98 Å². The average Bonchev–Trinajstić information content (AvgIpc) is 3.03. The van der Waals surface area contributed by atoms with E-state index in [9.17, 15) is 9.59 Å². The van der Waals surface area contributed by atoms with E-state index in [1.54, 1.807) is 19.2 Å². The molecule has 0 radical (unpaired) electrons. The topological polar surface area (TPSA) is 75.4 Å². The minimum absolute atomic E-state index is 0.268. The fourth-order valence-electron chi connectivity index (χ4n) is 2.26. The van der Waals surface area contributed by atoms with Gasteiger partial charge in [-0.3, -0.25) is 14.2 Å². The highest BCUT2D eigenvalue weighted by Crippen LogP contribution is 2.23. The van der Waals surface area contributed by atoms with Gasteiger partial charge in [0.05, 0.1) is 5.56 Å². The van der Waals surface area contributed by atoms with Crippen molar-refractivity contribution in [1.29, 1.82) is 0 Å². The molecule has 0 aromatic carbocycles. The Hall–Kier alpha value is -2.15. The van der Waals surface area contributed by atoms with Crippen LogP contribution in [0.5, 0.6) is 0 Å². The molecule has 0 aliphatic heterocycles. The van der Waals surface area contributed by atoms with Crippen LogP contribution in [0, 0.1) is 13.8 Å². The van der Waals surface area contributed by atoms with Gasteiger partial charge >= 0.3 is 5.97 Å². The van der Waals surface area contributed by atoms with Gasteiger partial charge in [0.15, 0.2) is 5.13 Å². The molecule has 0 fully saturated rings. The van der Waals surface area contributed by atoms with Crippen molar-refractivity contribution >= 4 is 23.2 Å². The molecule has 0 aliphatic carbocycles. The molecule has 0 spiro atoms. The third kappa shape index (κ3) is 2.97. The minimum atomic E-state index is -1.01. The normalized spacial score (nSPS) is 10.6. The summed E-state index contributed by atoms with van der Waals surface area (Å²) in [5, 5.41) is 11.6. The number of carboxylic acids is 1. The zero-order valence-electron chi connectivity index (χ0n) is 12.2. The standard InChI is InChI=1S/C14H17N3O3S/c1-4-16(8-12(18)19)13(20)11-7-9(2)17(10(11)3)14-15-5-6-21-14/h5-7H,4,8H2,1-3H3,(H,18,19). The lowest BCUT2D eigenvalue weighted by atomic mass is 10.2. The van der Waals surface area contributed by atoms with Crippen molar-refractivity contribution in [3.05, 3.63) is 34.6 Å². The fourth-order valence-corrected chi connectivity index (χ4v) is 3.01. The first-order chi connectivity index (χ1) is 9.95. The van der Waals surface area contributed by atoms with E-state index in [0.717, 1.165) is 16.5 Å². The first-order valence-electron chi connectivity index (χ1n) is 6.55. The third-order valence-electron chi connectivity index (χ3n) is 3.27. The molecule has 2 rings (SSSR count). The number of amides is 1. The number of aromatic nitrogens is 2. The van der Waals surface area contributed by atoms with Gasteiger partial charge in [0.2, 0.25) is 0 Å². The fraction of sp³-hybridized carbons (Fsp3) is 0.357. The number of hydrogen-bond acceptors (Lipinski definition) is 4. The predicted octanol–water partition coefficient (Wildman–Crippen LogP) is 2.10. The molecule has 2 aromatic heterocycles. The number of hydrogen-bond donors (Lipinski definition) is 1. The summed E-state index contributed by atoms with van der Waals surface area (Å²) in [5.74, 6) is -1.28. The van der Waals surface area contributed by atoms with Crippen molar-refractivity contribution in [2.45, 2.75) is 20.8 Å². The van der Waals surface area contributed by atoms with Crippen LogP contribution in [0.2, 0.25) is 0 Å². The van der Waals surface area contributed by atoms with E-state index in [0.29, 0.717) is 12.1 Å². The van der Waals surface area contributed by atoms with Crippen LogP contribution in [0.15, 0.2) is 17.6 Å². The van der Waals surface area contributed by atoms with Crippen molar-refractivity contribution < 1.29 is 14.7 Å². The Bertz CT molecular complexity index is 661. The van der Waals surface area contributed by atoms with Crippen LogP contribution in [0.3, 0.4) is 0 Å². The van der Waals surface area contributed by atoms with E-state index in [1.165, 1.54) is 16.2 Å². The largest absolute Gasteiger partial charge is 0.480 e. The third-order valence-corrected chi connectivity index (χ3v) is 4.02. The van der Waals surface area contributed by atoms with E-state index >= 15 is 0 Å². The summed E-state index contributed by atoms with van der Waals surface area (Å²) in [5.41, 5.74) is 2.19. The molecule has 2 aromatic rings. The quantitative estimate of drug-likeness (QED) is 0.918. The maximum atomic E-state index is 12.5. The lowest BCUT2D eigenvalue weighted by Gasteiger charge is -2.18. The molecular weight excluding hydrogens is 290 g/mol. The summed E-state index contributed by atoms with van der Waals surface area (Å²) < 4.78 is 1.91. The van der Waals surface area contributed by atoms with Gasteiger partial charge < -0.3 is 10.0 Å². The highest BCUT2D eigenvalue weighted by atomic mass is 32.1. The van der Waals surface area contributed by atoms with Gasteiger partial charge in [0.25, 0.3) is 5.91 Å². The van der Waals surface area contributed by atoms with Gasteiger partial charge in [-0.25, -0.2) is 4.98 Å². The number of aryl methyl sites for hydroxylation is 1. The molecule has 0 atom stereocenters. The van der Waals surface area contributed by atoms with E-state index in [4.69, 9.17) is 5.11 Å². The second-order valence-corrected chi connectivity index (χ2v) is 5.52. The zero-order chi connectivity index (χ0) is 15.6. The van der Waals surface area contributed by atoms with Crippen molar-refractivity contribution in [2.75, 3.05) is 13.1 Å². The zero-order valence-corrected chi connectivity index (χ0v) is 13.0. The van der Waals surface area contributed by atoms with Crippen LogP contribution in [-0.2, 0) is 4.79 Å². The van der Waals surface area contributed by atoms with Gasteiger partial charge in [-0.05, 0) is 26.8 Å². The number of thiazole rings is 1. The van der Waals surface area contributed by atoms with Crippen molar-refractivity contribution in [3.63, 3.8) is 0 Å². The molecule has 6 nitrogen and oxygen atoms in total. The lowest BCUT2D eigenvalue weighted by Crippen LogP contribution is -2.35. The number of likely N-dealkylation sites (N-methyl/N-ethyl adjacent to an activating group) is 1. The number of aliphatic carboxylic acids is 1. The minimum Gasteiger partial charge on any atom is -0.480 e. The molecule has 2 heterocycles. The molecule has 0 bridgehead atoms. The number of carboxylic acid groups (broad SMARTS) is 1. The van der Waals surface area contributed by atoms with E-state index in [1.807, 2.05) is 23.8 Å². The maximum Gasteiger partial charge on any atom is 0.323 e. The molecular formula is C14H17N3O3S. The second-order valence-electron chi connectivity index (χ2n) is 4.65. The molecule has 1 N–H and O–H groups in total. The van der Waals surface area contributed by atoms with Gasteiger partial charge in [0, 0.05) is 29.5 Å². The molecule has 7 heteroatoms. The number of carbonyl (C=O) groups is 2. The smallest absolute Gasteiger partial charge is 0.323 e. The van der Waals surface area contributed by atoms with Crippen LogP contribution < -0.4 is 0 Å². The summed E-state index contributed by atoms with van der Waals surface area (Å²) in [7, 11) is 0. The van der Waals surface area contributed by atoms with Gasteiger partial charge in [-0.2, -0.15) is 0 Å². The summed E-state index contributed by atoms with van der Waals surface area (Å²) >= 11 is 1.49. The predicted molar refractivity (Wildman–Crippen MR) is 80.1 cm³/mol. The Morgan fingerprint density at radius 3 is 2.67 bits per heavy atom. The first kappa shape index (κ1) is 15.2. The van der Waals surface area contributed by atoms with Crippen LogP contribution in [-0.4, -0.2) is 44.5 Å². The molecule has 1 amide bonds. The van der Waals surface area contributed by atoms with Crippen LogP contribution in [0.1, 0.15) is 28.7 Å². The molecule has 21 heavy (non-hydrogen) atoms. The maximum absolute atomic E-state index is 12.5. The number of nitrogens with zero attached hydrogens (tertiary/aromatic N) is 3. The Labute approximate surface area is 126 Å². The molecule has 0 aliphatic rings. The Morgan fingerprint density at radius 1 is 1.43 bits per heavy atom. The van der Waals surface area contributed by atoms with E-state index < -0.39 is 5.97 Å². The monoisotopic (exact) mass is 307 g/mol. The number of rotatable bonds is 5. The second kappa shape index (κ2) is 6.09. The first-order valence-corrected chi connectivity index (χ1v) is 7.43. The summed E-state index contributed by atoms with van der Waals surface area (Å²) in [6.45, 7) is 5.57. The molecule has 0 saturated carbocycles. The van der Waals surface area contributed by atoms with Crippen molar-refractivity contribution in [3.8, 4) is 5.13 Å². The van der Waals surface area contributed by atoms with Crippen molar-refractivity contribution in [1.82, 2.24) is 14.5 Å².